The third-order valence-corrected chi connectivity index (χ3v) is 9.75. The summed E-state index contributed by atoms with van der Waals surface area (Å²) < 4.78 is 148. The van der Waals surface area contributed by atoms with Gasteiger partial charge in [0.2, 0.25) is 0 Å². The van der Waals surface area contributed by atoms with Gasteiger partial charge in [-0.25, -0.2) is 4.98 Å². The fraction of sp³-hybridized carbons (Fsp3) is 0.192. The van der Waals surface area contributed by atoms with E-state index in [0.29, 0.717) is 50.1 Å². The number of pyridine rings is 1. The Kier molecular flexibility index (Phi) is 6.38. The van der Waals surface area contributed by atoms with E-state index in [2.05, 4.69) is 11.1 Å². The number of hydrogen-bond donors (Lipinski definition) is 1. The molecule has 288 valence electrons. The monoisotopic (exact) mass is 942 g/mol. The quantitative estimate of drug-likeness (QED) is 0.169. The zero-order chi connectivity index (χ0) is 53.8. The van der Waals surface area contributed by atoms with Crippen LogP contribution in [0.5, 0.6) is 5.75 Å². The van der Waals surface area contributed by atoms with Gasteiger partial charge in [-0.2, -0.15) is 0 Å². The minimum atomic E-state index is -3.55. The van der Waals surface area contributed by atoms with Gasteiger partial charge in [-0.1, -0.05) is 143 Å². The molecule has 2 aromatic heterocycles. The molecule has 6 aromatic carbocycles. The molecule has 0 fully saturated rings. The first-order valence-corrected chi connectivity index (χ1v) is 18.0. The van der Waals surface area contributed by atoms with Gasteiger partial charge in [-0.15, -0.1) is 29.3 Å². The van der Waals surface area contributed by atoms with Crippen LogP contribution in [0.15, 0.2) is 139 Å². The second-order valence-corrected chi connectivity index (χ2v) is 14.9. The van der Waals surface area contributed by atoms with E-state index in [9.17, 15) is 6.48 Å². The second kappa shape index (κ2) is 15.4. The van der Waals surface area contributed by atoms with Crippen LogP contribution in [0.1, 0.15) is 86.9 Å². The molecule has 0 saturated carbocycles. The topological polar surface area (TPSA) is 50.9 Å². The molecule has 0 amide bonds. The molecular weight excluding hydrogens is 878 g/mol. The van der Waals surface area contributed by atoms with Crippen LogP contribution >= 0.6 is 0 Å². The van der Waals surface area contributed by atoms with Crippen molar-refractivity contribution < 1.29 is 49.5 Å². The molecule has 5 heteroatoms. The van der Waals surface area contributed by atoms with Crippen molar-refractivity contribution in [3.05, 3.63) is 168 Å². The van der Waals surface area contributed by atoms with Gasteiger partial charge in [-0.3, -0.25) is 9.55 Å². The van der Waals surface area contributed by atoms with E-state index in [4.69, 9.17) is 26.9 Å². The molecule has 8 aromatic rings. The maximum atomic E-state index is 11.8. The third-order valence-electron chi connectivity index (χ3n) is 9.75. The van der Waals surface area contributed by atoms with Crippen molar-refractivity contribution in [2.75, 3.05) is 0 Å². The molecule has 4 nitrogen and oxygen atoms in total. The average Bonchev–Trinajstić information content (AvgIpc) is 3.69. The average molecular weight is 943 g/mol. The van der Waals surface area contributed by atoms with Gasteiger partial charge in [0, 0.05) is 50.8 Å². The van der Waals surface area contributed by atoms with Crippen LogP contribution in [-0.4, -0.2) is 19.6 Å². The molecule has 0 aliphatic heterocycles. The van der Waals surface area contributed by atoms with Gasteiger partial charge < -0.3 is 5.11 Å². The standard InChI is InChI=1S/C52H48N3O.Pt/c1-33-26-34(2)49(56)44(27-33)50-54-48-42(20-15-21-47(48)55(50)46-23-22-40(51(3,4)5)32-43(46)36-18-13-10-14-19-36)38-28-39(30-41(29-38)52(6,7)8)45-31-37(24-25-53-45)35-16-11-9-12-17-35;/h9-27,29-32,56H,1-8H3;/q-1;/i3D3,4D3,5D3,9D,11D,12D,16D,17D,24D,25D,31D;. The van der Waals surface area contributed by atoms with Crippen molar-refractivity contribution in [1.29, 1.82) is 0 Å². The SMILES string of the molecule is [2H]c1nc(-c2[c-]c(-c3cccc4c3nc(-c3cc(C)cc(C)c3O)n4-c3ccc(C(C([2H])([2H])[2H])(C([2H])([2H])[2H])C([2H])([2H])[2H])cc3-c3ccccc3)cc(C(C)(C)C)c2)c([2H])c(-c2c([2H])c([2H])c([2H])c([2H])c2[2H])c1[2H].[Pt]. The number of phenolic OH excluding ortho intramolecular Hbond substituents is 1. The summed E-state index contributed by atoms with van der Waals surface area (Å²) in [6.45, 7) is -1.21. The van der Waals surface area contributed by atoms with Crippen molar-refractivity contribution in [3.63, 3.8) is 0 Å². The number of phenols is 1. The van der Waals surface area contributed by atoms with E-state index in [1.807, 2.05) is 33.8 Å². The molecule has 0 bridgehead atoms. The smallest absolute Gasteiger partial charge is 0.148 e. The number of aryl methyl sites for hydroxylation is 2. The predicted octanol–water partition coefficient (Wildman–Crippen LogP) is 13.5. The number of nitrogens with zero attached hydrogens (tertiary/aromatic N) is 3. The number of rotatable bonds is 6. The number of hydrogen-bond acceptors (Lipinski definition) is 3. The molecule has 0 atom stereocenters. The molecule has 57 heavy (non-hydrogen) atoms. The number of aromatic nitrogens is 3. The molecule has 0 unspecified atom stereocenters. The first-order valence-electron chi connectivity index (χ1n) is 26.5. The normalized spacial score (nSPS) is 16.8. The van der Waals surface area contributed by atoms with Crippen LogP contribution in [0.3, 0.4) is 0 Å². The Hall–Kier alpha value is -5.57. The number of aromatic hydroxyl groups is 1. The van der Waals surface area contributed by atoms with E-state index < -0.39 is 91.0 Å². The summed E-state index contributed by atoms with van der Waals surface area (Å²) in [4.78, 5) is 9.61. The summed E-state index contributed by atoms with van der Waals surface area (Å²) in [5.74, 6) is 0.0882. The van der Waals surface area contributed by atoms with Crippen LogP contribution in [0, 0.1) is 19.9 Å². The van der Waals surface area contributed by atoms with Crippen LogP contribution in [0.2, 0.25) is 0 Å². The van der Waals surface area contributed by atoms with Crippen molar-refractivity contribution >= 4 is 11.0 Å². The molecule has 0 radical (unpaired) electrons. The molecule has 0 saturated heterocycles. The van der Waals surface area contributed by atoms with Crippen molar-refractivity contribution in [2.24, 2.45) is 0 Å². The summed E-state index contributed by atoms with van der Waals surface area (Å²) in [5.41, 5.74) is -0.189. The minimum absolute atomic E-state index is 0. The van der Waals surface area contributed by atoms with Gasteiger partial charge in [0.1, 0.15) is 11.6 Å². The Bertz CT molecular complexity index is 3480. The first-order chi connectivity index (χ1) is 33.8. The Morgan fingerprint density at radius 3 is 2.19 bits per heavy atom. The Morgan fingerprint density at radius 1 is 0.702 bits per heavy atom. The number of imidazole rings is 1. The number of benzene rings is 6. The Balaban J connectivity index is 0.00000800. The van der Waals surface area contributed by atoms with E-state index in [1.54, 1.807) is 78.2 Å². The van der Waals surface area contributed by atoms with Gasteiger partial charge in [0.25, 0.3) is 0 Å². The summed E-state index contributed by atoms with van der Waals surface area (Å²) >= 11 is 0. The van der Waals surface area contributed by atoms with Gasteiger partial charge in [-0.05, 0) is 88.4 Å². The van der Waals surface area contributed by atoms with Crippen molar-refractivity contribution in [3.8, 4) is 67.5 Å². The van der Waals surface area contributed by atoms with Gasteiger partial charge in [0.15, 0.2) is 0 Å². The third kappa shape index (κ3) is 7.76. The minimum Gasteiger partial charge on any atom is -0.507 e. The number of fused-ring (bicyclic) bond motifs is 1. The van der Waals surface area contributed by atoms with Crippen LogP contribution in [0.4, 0.5) is 0 Å². The Labute approximate surface area is 375 Å². The molecule has 0 spiro atoms. The molecule has 0 aliphatic rings. The first kappa shape index (κ1) is 23.6. The summed E-state index contributed by atoms with van der Waals surface area (Å²) in [7, 11) is 0. The molecular formula is C52H48N3OPt-. The summed E-state index contributed by atoms with van der Waals surface area (Å²) in [5, 5.41) is 11.8. The molecule has 1 N–H and O–H groups in total. The largest absolute Gasteiger partial charge is 0.507 e. The maximum Gasteiger partial charge on any atom is 0.148 e. The fourth-order valence-corrected chi connectivity index (χ4v) is 6.91. The van der Waals surface area contributed by atoms with Crippen LogP contribution in [0.25, 0.3) is 72.7 Å². The Morgan fingerprint density at radius 2 is 1.46 bits per heavy atom. The van der Waals surface area contributed by atoms with Crippen molar-refractivity contribution in [2.45, 2.75) is 66.0 Å². The predicted molar refractivity (Wildman–Crippen MR) is 233 cm³/mol. The molecule has 8 rings (SSSR count). The van der Waals surface area contributed by atoms with Crippen LogP contribution < -0.4 is 0 Å². The van der Waals surface area contributed by atoms with Crippen molar-refractivity contribution in [1.82, 2.24) is 14.5 Å². The zero-order valence-electron chi connectivity index (χ0n) is 48.8. The van der Waals surface area contributed by atoms with Crippen LogP contribution in [-0.2, 0) is 31.9 Å². The summed E-state index contributed by atoms with van der Waals surface area (Å²) in [6.07, 6.45) is -0.614. The molecule has 0 aliphatic carbocycles. The van der Waals surface area contributed by atoms with Gasteiger partial charge in [0.05, 0.1) is 33.3 Å². The zero-order valence-corrected chi connectivity index (χ0v) is 34.0. The van der Waals surface area contributed by atoms with E-state index in [0.717, 1.165) is 5.56 Å². The summed E-state index contributed by atoms with van der Waals surface area (Å²) in [6, 6.07) is 24.0. The van der Waals surface area contributed by atoms with E-state index >= 15 is 0 Å². The number of para-hydroxylation sites is 1. The molecule has 2 heterocycles. The van der Waals surface area contributed by atoms with E-state index in [-0.39, 0.29) is 55.0 Å². The maximum absolute atomic E-state index is 11.8. The van der Waals surface area contributed by atoms with E-state index in [1.165, 1.54) is 18.2 Å². The van der Waals surface area contributed by atoms with Gasteiger partial charge >= 0.3 is 0 Å². The fourth-order valence-electron chi connectivity index (χ4n) is 6.91. The second-order valence-electron chi connectivity index (χ2n) is 14.9.